The summed E-state index contributed by atoms with van der Waals surface area (Å²) in [6.45, 7) is 8.82. The van der Waals surface area contributed by atoms with Crippen LogP contribution in [0.25, 0.3) is 17.2 Å². The highest BCUT2D eigenvalue weighted by molar-refractivity contribution is 5.73. The van der Waals surface area contributed by atoms with Crippen molar-refractivity contribution in [2.24, 2.45) is 0 Å². The zero-order valence-corrected chi connectivity index (χ0v) is 19.6. The van der Waals surface area contributed by atoms with E-state index in [2.05, 4.69) is 6.58 Å². The number of hydrogen-bond acceptors (Lipinski definition) is 4. The van der Waals surface area contributed by atoms with Crippen LogP contribution in [0.15, 0.2) is 97.6 Å². The quantitative estimate of drug-likeness (QED) is 0.253. The first-order valence-corrected chi connectivity index (χ1v) is 11.4. The lowest BCUT2D eigenvalue weighted by Gasteiger charge is -2.16. The van der Waals surface area contributed by atoms with Gasteiger partial charge >= 0.3 is 0 Å². The van der Waals surface area contributed by atoms with Gasteiger partial charge in [0.1, 0.15) is 19.0 Å². The van der Waals surface area contributed by atoms with Crippen molar-refractivity contribution in [2.45, 2.75) is 33.2 Å². The summed E-state index contributed by atoms with van der Waals surface area (Å²) in [7, 11) is 0. The third kappa shape index (κ3) is 6.04. The Morgan fingerprint density at radius 1 is 0.794 bits per heavy atom. The molecule has 4 nitrogen and oxygen atoms in total. The molecule has 4 rings (SSSR count). The second-order valence-corrected chi connectivity index (χ2v) is 8.17. The topological polar surface area (TPSA) is 40.6 Å². The van der Waals surface area contributed by atoms with Gasteiger partial charge in [0.15, 0.2) is 0 Å². The molecule has 0 radical (unpaired) electrons. The molecular weight excluding hydrogens is 422 g/mol. The van der Waals surface area contributed by atoms with Gasteiger partial charge in [-0.1, -0.05) is 79.4 Å². The summed E-state index contributed by atoms with van der Waals surface area (Å²) in [6.07, 6.45) is 1.88. The molecule has 1 heterocycles. The number of rotatable bonds is 10. The monoisotopic (exact) mass is 451 g/mol. The smallest absolute Gasteiger partial charge is 0.225 e. The second-order valence-electron chi connectivity index (χ2n) is 8.17. The Kier molecular flexibility index (Phi) is 7.61. The van der Waals surface area contributed by atoms with Crippen LogP contribution in [0.4, 0.5) is 0 Å². The molecule has 0 unspecified atom stereocenters. The highest BCUT2D eigenvalue weighted by atomic mass is 16.5. The van der Waals surface area contributed by atoms with Gasteiger partial charge in [-0.3, -0.25) is 0 Å². The number of benzene rings is 3. The molecule has 4 heteroatoms. The molecule has 0 aliphatic rings. The van der Waals surface area contributed by atoms with E-state index in [9.17, 15) is 0 Å². The molecule has 0 aliphatic carbocycles. The lowest BCUT2D eigenvalue weighted by atomic mass is 10.0. The molecule has 0 aliphatic heterocycles. The molecule has 34 heavy (non-hydrogen) atoms. The van der Waals surface area contributed by atoms with Crippen LogP contribution >= 0.6 is 0 Å². The Balaban J connectivity index is 1.64. The van der Waals surface area contributed by atoms with E-state index in [1.807, 2.05) is 105 Å². The first kappa shape index (κ1) is 23.1. The molecule has 0 spiro atoms. The molecule has 172 valence electrons. The minimum Gasteiger partial charge on any atom is -0.490 e. The van der Waals surface area contributed by atoms with E-state index in [4.69, 9.17) is 19.2 Å². The lowest BCUT2D eigenvalue weighted by Crippen LogP contribution is -2.06. The van der Waals surface area contributed by atoms with Crippen molar-refractivity contribution >= 4 is 6.08 Å². The number of ether oxygens (including phenoxy) is 3. The fourth-order valence-electron chi connectivity index (χ4n) is 3.53. The van der Waals surface area contributed by atoms with E-state index in [0.29, 0.717) is 25.0 Å². The summed E-state index contributed by atoms with van der Waals surface area (Å²) in [5.74, 6) is 1.83. The van der Waals surface area contributed by atoms with Crippen LogP contribution in [0.5, 0.6) is 17.5 Å². The van der Waals surface area contributed by atoms with Crippen molar-refractivity contribution in [2.75, 3.05) is 0 Å². The van der Waals surface area contributed by atoms with Crippen molar-refractivity contribution in [1.29, 1.82) is 0 Å². The van der Waals surface area contributed by atoms with Gasteiger partial charge in [0.25, 0.3) is 0 Å². The Labute approximate surface area is 201 Å². The SMILES string of the molecule is C=Cc1cc(-c2ccc(OCc3ccccc3)nc2OCc2ccccc2)ccc1OC(C)C. The summed E-state index contributed by atoms with van der Waals surface area (Å²) in [5, 5.41) is 0. The fraction of sp³-hybridized carbons (Fsp3) is 0.167. The van der Waals surface area contributed by atoms with E-state index >= 15 is 0 Å². The van der Waals surface area contributed by atoms with Crippen molar-refractivity contribution in [3.05, 3.63) is 114 Å². The van der Waals surface area contributed by atoms with E-state index in [-0.39, 0.29) is 6.10 Å². The van der Waals surface area contributed by atoms with Gasteiger partial charge in [-0.2, -0.15) is 4.98 Å². The highest BCUT2D eigenvalue weighted by Crippen LogP contribution is 2.34. The van der Waals surface area contributed by atoms with Gasteiger partial charge < -0.3 is 14.2 Å². The normalized spacial score (nSPS) is 10.7. The second kappa shape index (κ2) is 11.2. The number of pyridine rings is 1. The Morgan fingerprint density at radius 3 is 2.06 bits per heavy atom. The maximum Gasteiger partial charge on any atom is 0.225 e. The van der Waals surface area contributed by atoms with Gasteiger partial charge in [0.05, 0.1) is 6.10 Å². The lowest BCUT2D eigenvalue weighted by molar-refractivity contribution is 0.242. The predicted octanol–water partition coefficient (Wildman–Crippen LogP) is 7.34. The molecule has 0 fully saturated rings. The highest BCUT2D eigenvalue weighted by Gasteiger charge is 2.14. The Morgan fingerprint density at radius 2 is 1.44 bits per heavy atom. The predicted molar refractivity (Wildman–Crippen MR) is 137 cm³/mol. The van der Waals surface area contributed by atoms with Gasteiger partial charge in [-0.25, -0.2) is 0 Å². The van der Waals surface area contributed by atoms with Crippen LogP contribution in [0.3, 0.4) is 0 Å². The van der Waals surface area contributed by atoms with Crippen LogP contribution in [-0.2, 0) is 13.2 Å². The molecular formula is C30H29NO3. The first-order valence-electron chi connectivity index (χ1n) is 11.4. The Hall–Kier alpha value is -4.05. The van der Waals surface area contributed by atoms with Crippen LogP contribution in [0.1, 0.15) is 30.5 Å². The van der Waals surface area contributed by atoms with Gasteiger partial charge in [-0.15, -0.1) is 0 Å². The largest absolute Gasteiger partial charge is 0.490 e. The van der Waals surface area contributed by atoms with E-state index < -0.39 is 0 Å². The van der Waals surface area contributed by atoms with E-state index in [0.717, 1.165) is 33.6 Å². The summed E-state index contributed by atoms with van der Waals surface area (Å²) in [4.78, 5) is 4.70. The van der Waals surface area contributed by atoms with Gasteiger partial charge in [-0.05, 0) is 48.7 Å². The van der Waals surface area contributed by atoms with Crippen LogP contribution < -0.4 is 14.2 Å². The minimum absolute atomic E-state index is 0.0806. The van der Waals surface area contributed by atoms with E-state index in [1.165, 1.54) is 0 Å². The summed E-state index contributed by atoms with van der Waals surface area (Å²) in [5.41, 5.74) is 4.91. The molecule has 1 aromatic heterocycles. The van der Waals surface area contributed by atoms with E-state index in [1.54, 1.807) is 6.08 Å². The average molecular weight is 452 g/mol. The van der Waals surface area contributed by atoms with Gasteiger partial charge in [0, 0.05) is 17.2 Å². The average Bonchev–Trinajstić information content (AvgIpc) is 2.87. The molecule has 3 aromatic carbocycles. The third-order valence-electron chi connectivity index (χ3n) is 5.19. The molecule has 0 amide bonds. The molecule has 4 aromatic rings. The number of hydrogen-bond donors (Lipinski definition) is 0. The van der Waals surface area contributed by atoms with Crippen LogP contribution in [0, 0.1) is 0 Å². The maximum atomic E-state index is 6.19. The Bertz CT molecular complexity index is 1220. The van der Waals surface area contributed by atoms with Crippen molar-refractivity contribution in [1.82, 2.24) is 4.98 Å². The van der Waals surface area contributed by atoms with Crippen molar-refractivity contribution in [3.8, 4) is 28.6 Å². The third-order valence-corrected chi connectivity index (χ3v) is 5.19. The standard InChI is InChI=1S/C30H29NO3/c1-4-25-19-26(15-17-28(25)34-22(2)3)27-16-18-29(32-20-23-11-7-5-8-12-23)31-30(27)33-21-24-13-9-6-10-14-24/h4-19,22H,1,20-21H2,2-3H3. The molecule has 0 bridgehead atoms. The summed E-state index contributed by atoms with van der Waals surface area (Å²) >= 11 is 0. The van der Waals surface area contributed by atoms with Crippen molar-refractivity contribution in [3.63, 3.8) is 0 Å². The summed E-state index contributed by atoms with van der Waals surface area (Å²) in [6, 6.07) is 30.0. The first-order chi connectivity index (χ1) is 16.6. The zero-order chi connectivity index (χ0) is 23.8. The number of nitrogens with zero attached hydrogens (tertiary/aromatic N) is 1. The fourth-order valence-corrected chi connectivity index (χ4v) is 3.53. The molecule has 0 atom stereocenters. The van der Waals surface area contributed by atoms with Crippen LogP contribution in [-0.4, -0.2) is 11.1 Å². The van der Waals surface area contributed by atoms with Crippen molar-refractivity contribution < 1.29 is 14.2 Å². The molecule has 0 saturated carbocycles. The zero-order valence-electron chi connectivity index (χ0n) is 19.6. The van der Waals surface area contributed by atoms with Gasteiger partial charge in [0.2, 0.25) is 11.8 Å². The van der Waals surface area contributed by atoms with Crippen LogP contribution in [0.2, 0.25) is 0 Å². The maximum absolute atomic E-state index is 6.19. The molecule has 0 saturated heterocycles. The number of aromatic nitrogens is 1. The molecule has 0 N–H and O–H groups in total. The summed E-state index contributed by atoms with van der Waals surface area (Å²) < 4.78 is 18.1. The minimum atomic E-state index is 0.0806.